The van der Waals surface area contributed by atoms with Crippen molar-refractivity contribution < 1.29 is 19.5 Å². The number of aliphatic carboxylic acids is 1. The molecule has 2 amide bonds. The van der Waals surface area contributed by atoms with Gasteiger partial charge in [0.25, 0.3) is 0 Å². The van der Waals surface area contributed by atoms with Gasteiger partial charge in [-0.25, -0.2) is 0 Å². The van der Waals surface area contributed by atoms with Crippen LogP contribution < -0.4 is 5.32 Å². The van der Waals surface area contributed by atoms with E-state index in [0.29, 0.717) is 6.54 Å². The highest BCUT2D eigenvalue weighted by Gasteiger charge is 2.28. The highest BCUT2D eigenvalue weighted by atomic mass is 16.4. The molecule has 0 aromatic carbocycles. The first-order chi connectivity index (χ1) is 9.81. The van der Waals surface area contributed by atoms with Crippen LogP contribution in [0.25, 0.3) is 0 Å². The number of nitrogens with zero attached hydrogens (tertiary/aromatic N) is 1. The van der Waals surface area contributed by atoms with Crippen LogP contribution in [0, 0.1) is 11.8 Å². The Morgan fingerprint density at radius 3 is 2.24 bits per heavy atom. The molecule has 1 aliphatic carbocycles. The molecule has 1 fully saturated rings. The first kappa shape index (κ1) is 17.5. The third kappa shape index (κ3) is 5.73. The Kier molecular flexibility index (Phi) is 6.65. The van der Waals surface area contributed by atoms with Gasteiger partial charge in [-0.05, 0) is 25.7 Å². The van der Waals surface area contributed by atoms with Gasteiger partial charge >= 0.3 is 5.97 Å². The lowest BCUT2D eigenvalue weighted by molar-refractivity contribution is -0.146. The molecular weight excluding hydrogens is 272 g/mol. The molecule has 1 aliphatic rings. The average molecular weight is 298 g/mol. The summed E-state index contributed by atoms with van der Waals surface area (Å²) in [6, 6.07) is -0.684. The highest BCUT2D eigenvalue weighted by Crippen LogP contribution is 2.24. The Hall–Kier alpha value is -1.59. The summed E-state index contributed by atoms with van der Waals surface area (Å²) in [6.07, 6.45) is 3.85. The zero-order valence-electron chi connectivity index (χ0n) is 13.1. The largest absolute Gasteiger partial charge is 0.480 e. The van der Waals surface area contributed by atoms with Crippen LogP contribution in [0.4, 0.5) is 0 Å². The van der Waals surface area contributed by atoms with Gasteiger partial charge in [0.15, 0.2) is 0 Å². The Balaban J connectivity index is 2.59. The molecule has 1 atom stereocenters. The third-order valence-corrected chi connectivity index (χ3v) is 3.68. The number of carbonyl (C=O) groups is 3. The van der Waals surface area contributed by atoms with Crippen molar-refractivity contribution in [2.24, 2.45) is 11.8 Å². The number of nitrogens with one attached hydrogen (secondary N) is 1. The predicted octanol–water partition coefficient (Wildman–Crippen LogP) is 1.25. The van der Waals surface area contributed by atoms with Crippen LogP contribution >= 0.6 is 0 Å². The smallest absolute Gasteiger partial charge is 0.323 e. The van der Waals surface area contributed by atoms with Crippen LogP contribution in [-0.2, 0) is 14.4 Å². The fourth-order valence-corrected chi connectivity index (χ4v) is 2.69. The van der Waals surface area contributed by atoms with E-state index in [9.17, 15) is 14.4 Å². The van der Waals surface area contributed by atoms with E-state index in [2.05, 4.69) is 5.32 Å². The van der Waals surface area contributed by atoms with Crippen LogP contribution in [0.15, 0.2) is 0 Å². The van der Waals surface area contributed by atoms with Gasteiger partial charge in [0.1, 0.15) is 12.6 Å². The van der Waals surface area contributed by atoms with Crippen molar-refractivity contribution in [3.05, 3.63) is 0 Å². The topological polar surface area (TPSA) is 86.7 Å². The molecule has 0 saturated heterocycles. The first-order valence-corrected chi connectivity index (χ1v) is 7.62. The van der Waals surface area contributed by atoms with Crippen LogP contribution in [0.5, 0.6) is 0 Å². The summed E-state index contributed by atoms with van der Waals surface area (Å²) in [5.41, 5.74) is 0. The maximum Gasteiger partial charge on any atom is 0.323 e. The van der Waals surface area contributed by atoms with Gasteiger partial charge in [0, 0.05) is 12.5 Å². The SMILES string of the molecule is CC(C)CN(CC(=O)O)C(=O)C(C)NC(=O)C1CCCC1. The number of hydrogen-bond donors (Lipinski definition) is 2. The lowest BCUT2D eigenvalue weighted by Gasteiger charge is -2.26. The highest BCUT2D eigenvalue weighted by molar-refractivity contribution is 5.89. The van der Waals surface area contributed by atoms with Crippen LogP contribution in [0.3, 0.4) is 0 Å². The van der Waals surface area contributed by atoms with Crippen molar-refractivity contribution in [1.82, 2.24) is 10.2 Å². The summed E-state index contributed by atoms with van der Waals surface area (Å²) >= 11 is 0. The lowest BCUT2D eigenvalue weighted by atomic mass is 10.1. The van der Waals surface area contributed by atoms with Gasteiger partial charge < -0.3 is 15.3 Å². The van der Waals surface area contributed by atoms with Gasteiger partial charge in [-0.3, -0.25) is 14.4 Å². The number of amides is 2. The van der Waals surface area contributed by atoms with Crippen molar-refractivity contribution in [2.75, 3.05) is 13.1 Å². The molecule has 0 bridgehead atoms. The number of carbonyl (C=O) groups excluding carboxylic acids is 2. The summed E-state index contributed by atoms with van der Waals surface area (Å²) in [7, 11) is 0. The van der Waals surface area contributed by atoms with Crippen LogP contribution in [-0.4, -0.2) is 46.9 Å². The summed E-state index contributed by atoms with van der Waals surface area (Å²) < 4.78 is 0. The van der Waals surface area contributed by atoms with E-state index in [0.717, 1.165) is 25.7 Å². The van der Waals surface area contributed by atoms with E-state index in [1.54, 1.807) is 6.92 Å². The molecule has 21 heavy (non-hydrogen) atoms. The van der Waals surface area contributed by atoms with Crippen LogP contribution in [0.2, 0.25) is 0 Å². The van der Waals surface area contributed by atoms with E-state index in [4.69, 9.17) is 5.11 Å². The van der Waals surface area contributed by atoms with E-state index in [-0.39, 0.29) is 30.2 Å². The molecule has 1 unspecified atom stereocenters. The number of carboxylic acid groups (broad SMARTS) is 1. The van der Waals surface area contributed by atoms with Gasteiger partial charge in [0.05, 0.1) is 0 Å². The third-order valence-electron chi connectivity index (χ3n) is 3.68. The van der Waals surface area contributed by atoms with E-state index < -0.39 is 12.0 Å². The minimum atomic E-state index is -1.04. The van der Waals surface area contributed by atoms with Crippen LogP contribution in [0.1, 0.15) is 46.5 Å². The second-order valence-electron chi connectivity index (χ2n) is 6.22. The Bertz CT molecular complexity index is 389. The van der Waals surface area contributed by atoms with Crippen molar-refractivity contribution in [3.8, 4) is 0 Å². The molecule has 0 radical (unpaired) electrons. The van der Waals surface area contributed by atoms with Gasteiger partial charge in [-0.2, -0.15) is 0 Å². The van der Waals surface area contributed by atoms with Gasteiger partial charge in [0.2, 0.25) is 11.8 Å². The van der Waals surface area contributed by atoms with Crippen molar-refractivity contribution in [2.45, 2.75) is 52.5 Å². The molecule has 0 aromatic rings. The lowest BCUT2D eigenvalue weighted by Crippen LogP contribution is -2.50. The Labute approximate surface area is 125 Å². The van der Waals surface area contributed by atoms with E-state index in [1.807, 2.05) is 13.8 Å². The van der Waals surface area contributed by atoms with E-state index in [1.165, 1.54) is 4.90 Å². The Morgan fingerprint density at radius 1 is 1.19 bits per heavy atom. The molecule has 120 valence electrons. The fraction of sp³-hybridized carbons (Fsp3) is 0.800. The van der Waals surface area contributed by atoms with Crippen molar-refractivity contribution >= 4 is 17.8 Å². The predicted molar refractivity (Wildman–Crippen MR) is 78.6 cm³/mol. The molecule has 1 saturated carbocycles. The molecule has 6 nitrogen and oxygen atoms in total. The molecule has 0 spiro atoms. The zero-order valence-corrected chi connectivity index (χ0v) is 13.1. The molecular formula is C15H26N2O4. The number of carboxylic acids is 1. The molecule has 6 heteroatoms. The normalized spacial score (nSPS) is 16.8. The number of hydrogen-bond acceptors (Lipinski definition) is 3. The quantitative estimate of drug-likeness (QED) is 0.740. The molecule has 0 aromatic heterocycles. The summed E-state index contributed by atoms with van der Waals surface area (Å²) in [4.78, 5) is 36.5. The molecule has 0 aliphatic heterocycles. The average Bonchev–Trinajstić information content (AvgIpc) is 2.89. The number of rotatable bonds is 7. The van der Waals surface area contributed by atoms with E-state index >= 15 is 0 Å². The molecule has 2 N–H and O–H groups in total. The standard InChI is InChI=1S/C15H26N2O4/c1-10(2)8-17(9-13(18)19)15(21)11(3)16-14(20)12-6-4-5-7-12/h10-12H,4-9H2,1-3H3,(H,16,20)(H,18,19). The maximum absolute atomic E-state index is 12.3. The molecule has 1 rings (SSSR count). The maximum atomic E-state index is 12.3. The zero-order chi connectivity index (χ0) is 16.0. The monoisotopic (exact) mass is 298 g/mol. The summed E-state index contributed by atoms with van der Waals surface area (Å²) in [5.74, 6) is -1.30. The van der Waals surface area contributed by atoms with Crippen molar-refractivity contribution in [3.63, 3.8) is 0 Å². The van der Waals surface area contributed by atoms with Gasteiger partial charge in [-0.1, -0.05) is 26.7 Å². The second-order valence-corrected chi connectivity index (χ2v) is 6.22. The summed E-state index contributed by atoms with van der Waals surface area (Å²) in [6.45, 7) is 5.49. The van der Waals surface area contributed by atoms with Gasteiger partial charge in [-0.15, -0.1) is 0 Å². The second kappa shape index (κ2) is 8.00. The Morgan fingerprint density at radius 2 is 1.76 bits per heavy atom. The molecule has 0 heterocycles. The fourth-order valence-electron chi connectivity index (χ4n) is 2.69. The summed E-state index contributed by atoms with van der Waals surface area (Å²) in [5, 5.41) is 11.6. The first-order valence-electron chi connectivity index (χ1n) is 7.62. The minimum absolute atomic E-state index is 0.00160. The minimum Gasteiger partial charge on any atom is -0.480 e. The van der Waals surface area contributed by atoms with Crippen molar-refractivity contribution in [1.29, 1.82) is 0 Å².